The van der Waals surface area contributed by atoms with Crippen LogP contribution in [0.3, 0.4) is 0 Å². The first-order chi connectivity index (χ1) is 12.1. The molecule has 126 valence electrons. The van der Waals surface area contributed by atoms with Crippen LogP contribution in [0.5, 0.6) is 0 Å². The molecule has 0 aliphatic rings. The summed E-state index contributed by atoms with van der Waals surface area (Å²) in [5, 5.41) is 6.61. The van der Waals surface area contributed by atoms with Gasteiger partial charge in [-0.25, -0.2) is 4.79 Å². The van der Waals surface area contributed by atoms with E-state index >= 15 is 0 Å². The van der Waals surface area contributed by atoms with E-state index < -0.39 is 5.97 Å². The molecule has 1 heterocycles. The van der Waals surface area contributed by atoms with E-state index in [1.807, 2.05) is 0 Å². The first-order valence-corrected chi connectivity index (χ1v) is 7.47. The van der Waals surface area contributed by atoms with Crippen molar-refractivity contribution in [2.75, 3.05) is 12.4 Å². The summed E-state index contributed by atoms with van der Waals surface area (Å²) in [4.78, 5) is 28.0. The van der Waals surface area contributed by atoms with E-state index in [1.165, 1.54) is 7.11 Å². The molecule has 0 saturated heterocycles. The predicted molar refractivity (Wildman–Crippen MR) is 90.2 cm³/mol. The summed E-state index contributed by atoms with van der Waals surface area (Å²) in [7, 11) is 1.32. The van der Waals surface area contributed by atoms with Gasteiger partial charge in [-0.2, -0.15) is 4.98 Å². The summed E-state index contributed by atoms with van der Waals surface area (Å²) >= 11 is 0. The van der Waals surface area contributed by atoms with Gasteiger partial charge in [-0.05, 0) is 36.4 Å². The number of nitrogens with one attached hydrogen (secondary N) is 1. The highest BCUT2D eigenvalue weighted by Gasteiger charge is 2.11. The van der Waals surface area contributed by atoms with Crippen LogP contribution in [0.2, 0.25) is 0 Å². The summed E-state index contributed by atoms with van der Waals surface area (Å²) in [5.74, 6) is 0.166. The van der Waals surface area contributed by atoms with E-state index in [1.54, 1.807) is 55.5 Å². The number of nitrogens with zero attached hydrogens (tertiary/aromatic N) is 2. The molecule has 0 aliphatic heterocycles. The Morgan fingerprint density at radius 2 is 1.84 bits per heavy atom. The van der Waals surface area contributed by atoms with Crippen molar-refractivity contribution in [3.8, 4) is 11.4 Å². The van der Waals surface area contributed by atoms with Gasteiger partial charge >= 0.3 is 5.97 Å². The van der Waals surface area contributed by atoms with Crippen molar-refractivity contribution >= 4 is 17.6 Å². The fourth-order valence-electron chi connectivity index (χ4n) is 2.23. The number of amides is 1. The quantitative estimate of drug-likeness (QED) is 0.735. The lowest BCUT2D eigenvalue weighted by Gasteiger charge is -2.07. The maximum absolute atomic E-state index is 12.4. The Morgan fingerprint density at radius 1 is 1.08 bits per heavy atom. The maximum Gasteiger partial charge on any atom is 0.337 e. The molecular weight excluding hydrogens is 322 g/mol. The van der Waals surface area contributed by atoms with Crippen LogP contribution in [0, 0.1) is 6.92 Å². The summed E-state index contributed by atoms with van der Waals surface area (Å²) < 4.78 is 9.59. The molecule has 7 nitrogen and oxygen atoms in total. The fraction of sp³-hybridized carbons (Fsp3) is 0.111. The molecule has 1 amide bonds. The number of hydrogen-bond acceptors (Lipinski definition) is 6. The molecule has 0 unspecified atom stereocenters. The second kappa shape index (κ2) is 6.96. The number of aromatic nitrogens is 2. The van der Waals surface area contributed by atoms with Gasteiger partial charge in [0.05, 0.1) is 12.7 Å². The van der Waals surface area contributed by atoms with Gasteiger partial charge in [0, 0.05) is 23.7 Å². The Kier molecular flexibility index (Phi) is 4.56. The van der Waals surface area contributed by atoms with E-state index in [2.05, 4.69) is 20.2 Å². The molecule has 0 aliphatic carbocycles. The van der Waals surface area contributed by atoms with E-state index in [0.717, 1.165) is 0 Å². The van der Waals surface area contributed by atoms with Gasteiger partial charge in [-0.3, -0.25) is 4.79 Å². The number of anilines is 1. The summed E-state index contributed by atoms with van der Waals surface area (Å²) in [6.45, 7) is 1.70. The Balaban J connectivity index is 1.76. The number of rotatable bonds is 4. The molecule has 7 heteroatoms. The van der Waals surface area contributed by atoms with Crippen molar-refractivity contribution in [2.45, 2.75) is 6.92 Å². The average molecular weight is 337 g/mol. The third-order valence-corrected chi connectivity index (χ3v) is 3.47. The Hall–Kier alpha value is -3.48. The van der Waals surface area contributed by atoms with Gasteiger partial charge in [0.25, 0.3) is 5.91 Å². The molecule has 2 aromatic carbocycles. The number of hydrogen-bond donors (Lipinski definition) is 1. The maximum atomic E-state index is 12.4. The zero-order valence-corrected chi connectivity index (χ0v) is 13.6. The van der Waals surface area contributed by atoms with E-state index in [4.69, 9.17) is 4.52 Å². The van der Waals surface area contributed by atoms with Crippen LogP contribution in [0.15, 0.2) is 53.1 Å². The van der Waals surface area contributed by atoms with Crippen LogP contribution in [0.1, 0.15) is 26.6 Å². The lowest BCUT2D eigenvalue weighted by molar-refractivity contribution is 0.0600. The zero-order chi connectivity index (χ0) is 17.8. The van der Waals surface area contributed by atoms with Crippen molar-refractivity contribution in [3.05, 3.63) is 65.5 Å². The van der Waals surface area contributed by atoms with Crippen LogP contribution in [-0.2, 0) is 4.74 Å². The van der Waals surface area contributed by atoms with Crippen LogP contribution >= 0.6 is 0 Å². The first-order valence-electron chi connectivity index (χ1n) is 7.47. The highest BCUT2D eigenvalue weighted by atomic mass is 16.5. The zero-order valence-electron chi connectivity index (χ0n) is 13.6. The van der Waals surface area contributed by atoms with Crippen LogP contribution in [0.4, 0.5) is 5.69 Å². The highest BCUT2D eigenvalue weighted by Crippen LogP contribution is 2.18. The normalized spacial score (nSPS) is 10.3. The van der Waals surface area contributed by atoms with E-state index in [-0.39, 0.29) is 5.91 Å². The molecule has 0 saturated carbocycles. The SMILES string of the molecule is COC(=O)c1ccc(NC(=O)c2cccc(-c3noc(C)n3)c2)cc1. The van der Waals surface area contributed by atoms with E-state index in [9.17, 15) is 9.59 Å². The topological polar surface area (TPSA) is 94.3 Å². The summed E-state index contributed by atoms with van der Waals surface area (Å²) in [5.41, 5.74) is 2.12. The molecule has 0 spiro atoms. The number of carbonyl (C=O) groups is 2. The number of esters is 1. The second-order valence-electron chi connectivity index (χ2n) is 5.24. The fourth-order valence-corrected chi connectivity index (χ4v) is 2.23. The lowest BCUT2D eigenvalue weighted by atomic mass is 10.1. The van der Waals surface area contributed by atoms with Gasteiger partial charge in [0.2, 0.25) is 11.7 Å². The van der Waals surface area contributed by atoms with Gasteiger partial charge < -0.3 is 14.6 Å². The van der Waals surface area contributed by atoms with E-state index in [0.29, 0.717) is 34.1 Å². The minimum atomic E-state index is -0.430. The van der Waals surface area contributed by atoms with Crippen molar-refractivity contribution in [3.63, 3.8) is 0 Å². The lowest BCUT2D eigenvalue weighted by Crippen LogP contribution is -2.12. The molecule has 0 radical (unpaired) electrons. The molecule has 1 N–H and O–H groups in total. The first kappa shape index (κ1) is 16.4. The molecule has 25 heavy (non-hydrogen) atoms. The molecule has 0 bridgehead atoms. The number of methoxy groups -OCH3 is 1. The van der Waals surface area contributed by atoms with Crippen LogP contribution in [-0.4, -0.2) is 29.1 Å². The second-order valence-corrected chi connectivity index (χ2v) is 5.24. The average Bonchev–Trinajstić information content (AvgIpc) is 3.08. The van der Waals surface area contributed by atoms with Gasteiger partial charge in [0.1, 0.15) is 0 Å². The van der Waals surface area contributed by atoms with Crippen molar-refractivity contribution in [1.29, 1.82) is 0 Å². The highest BCUT2D eigenvalue weighted by molar-refractivity contribution is 6.05. The predicted octanol–water partition coefficient (Wildman–Crippen LogP) is 3.08. The number of carbonyl (C=O) groups excluding carboxylic acids is 2. The molecule has 1 aromatic heterocycles. The van der Waals surface area contributed by atoms with Gasteiger partial charge in [-0.1, -0.05) is 17.3 Å². The molecule has 3 rings (SSSR count). The smallest absolute Gasteiger partial charge is 0.337 e. The minimum Gasteiger partial charge on any atom is -0.465 e. The van der Waals surface area contributed by atoms with Crippen molar-refractivity contribution in [1.82, 2.24) is 10.1 Å². The Morgan fingerprint density at radius 3 is 2.48 bits per heavy atom. The van der Waals surface area contributed by atoms with Gasteiger partial charge in [0.15, 0.2) is 0 Å². The molecule has 0 fully saturated rings. The van der Waals surface area contributed by atoms with Crippen molar-refractivity contribution < 1.29 is 18.8 Å². The standard InChI is InChI=1S/C18H15N3O4/c1-11-19-16(21-25-11)13-4-3-5-14(10-13)17(22)20-15-8-6-12(7-9-15)18(23)24-2/h3-10H,1-2H3,(H,20,22). The van der Waals surface area contributed by atoms with Crippen LogP contribution < -0.4 is 5.32 Å². The monoisotopic (exact) mass is 337 g/mol. The van der Waals surface area contributed by atoms with Crippen molar-refractivity contribution in [2.24, 2.45) is 0 Å². The third kappa shape index (κ3) is 3.72. The summed E-state index contributed by atoms with van der Waals surface area (Å²) in [6, 6.07) is 13.4. The van der Waals surface area contributed by atoms with Gasteiger partial charge in [-0.15, -0.1) is 0 Å². The number of benzene rings is 2. The number of aryl methyl sites for hydroxylation is 1. The third-order valence-electron chi connectivity index (χ3n) is 3.47. The largest absolute Gasteiger partial charge is 0.465 e. The Labute approximate surface area is 143 Å². The van der Waals surface area contributed by atoms with Crippen LogP contribution in [0.25, 0.3) is 11.4 Å². The minimum absolute atomic E-state index is 0.284. The number of ether oxygens (including phenoxy) is 1. The molecule has 0 atom stereocenters. The molecule has 3 aromatic rings. The Bertz CT molecular complexity index is 916. The summed E-state index contributed by atoms with van der Waals surface area (Å²) in [6.07, 6.45) is 0. The molecular formula is C18H15N3O4.